The Kier molecular flexibility index (Phi) is 4.66. The molecule has 1 aromatic rings. The SMILES string of the molecule is CCC(C)(C)CNc1ccc(SC)c(F)c1. The average molecular weight is 241 g/mol. The van der Waals surface area contributed by atoms with Gasteiger partial charge in [0.05, 0.1) is 0 Å². The number of nitrogens with one attached hydrogen (secondary N) is 1. The highest BCUT2D eigenvalue weighted by Crippen LogP contribution is 2.24. The number of anilines is 1. The maximum atomic E-state index is 13.5. The predicted molar refractivity (Wildman–Crippen MR) is 70.7 cm³/mol. The Balaban J connectivity index is 2.65. The summed E-state index contributed by atoms with van der Waals surface area (Å²) in [5, 5.41) is 3.28. The molecule has 0 heterocycles. The summed E-state index contributed by atoms with van der Waals surface area (Å²) in [6, 6.07) is 5.32. The van der Waals surface area contributed by atoms with Gasteiger partial charge in [0.1, 0.15) is 5.82 Å². The first-order valence-corrected chi connectivity index (χ1v) is 6.78. The van der Waals surface area contributed by atoms with Crippen LogP contribution >= 0.6 is 11.8 Å². The van der Waals surface area contributed by atoms with E-state index >= 15 is 0 Å². The lowest BCUT2D eigenvalue weighted by Crippen LogP contribution is -2.21. The summed E-state index contributed by atoms with van der Waals surface area (Å²) in [6.07, 6.45) is 2.98. The van der Waals surface area contributed by atoms with Crippen LogP contribution in [-0.4, -0.2) is 12.8 Å². The van der Waals surface area contributed by atoms with E-state index in [0.717, 1.165) is 18.7 Å². The normalized spacial score (nSPS) is 11.6. The van der Waals surface area contributed by atoms with Crippen LogP contribution in [0.1, 0.15) is 27.2 Å². The van der Waals surface area contributed by atoms with E-state index < -0.39 is 0 Å². The molecule has 16 heavy (non-hydrogen) atoms. The summed E-state index contributed by atoms with van der Waals surface area (Å²) in [4.78, 5) is 0.695. The van der Waals surface area contributed by atoms with Crippen LogP contribution in [0.15, 0.2) is 23.1 Å². The molecule has 1 rings (SSSR count). The maximum Gasteiger partial charge on any atom is 0.138 e. The molecule has 0 aliphatic rings. The zero-order chi connectivity index (χ0) is 12.2. The molecule has 1 N–H and O–H groups in total. The third kappa shape index (κ3) is 3.71. The Morgan fingerprint density at radius 1 is 1.38 bits per heavy atom. The molecule has 0 spiro atoms. The molecule has 0 aliphatic carbocycles. The molecule has 0 atom stereocenters. The van der Waals surface area contributed by atoms with Gasteiger partial charge in [-0.1, -0.05) is 20.8 Å². The van der Waals surface area contributed by atoms with Gasteiger partial charge in [-0.05, 0) is 36.3 Å². The quantitative estimate of drug-likeness (QED) is 0.767. The molecule has 0 saturated heterocycles. The summed E-state index contributed by atoms with van der Waals surface area (Å²) in [7, 11) is 0. The number of hydrogen-bond acceptors (Lipinski definition) is 2. The molecule has 0 saturated carbocycles. The molecule has 1 nitrogen and oxygen atoms in total. The molecule has 3 heteroatoms. The molecule has 0 aromatic heterocycles. The number of hydrogen-bond donors (Lipinski definition) is 1. The molecule has 90 valence electrons. The number of benzene rings is 1. The van der Waals surface area contributed by atoms with Gasteiger partial charge in [0.15, 0.2) is 0 Å². The summed E-state index contributed by atoms with van der Waals surface area (Å²) in [6.45, 7) is 7.43. The van der Waals surface area contributed by atoms with Gasteiger partial charge in [0.25, 0.3) is 0 Å². The lowest BCUT2D eigenvalue weighted by molar-refractivity contribution is 0.377. The molecule has 1 aromatic carbocycles. The van der Waals surface area contributed by atoms with Gasteiger partial charge in [0.2, 0.25) is 0 Å². The minimum atomic E-state index is -0.146. The van der Waals surface area contributed by atoms with Crippen LogP contribution in [0.4, 0.5) is 10.1 Å². The molecule has 0 unspecified atom stereocenters. The van der Waals surface area contributed by atoms with Gasteiger partial charge in [-0.3, -0.25) is 0 Å². The van der Waals surface area contributed by atoms with Gasteiger partial charge in [-0.15, -0.1) is 11.8 Å². The third-order valence-electron chi connectivity index (χ3n) is 2.88. The molecule has 0 radical (unpaired) electrons. The van der Waals surface area contributed by atoms with E-state index in [1.54, 1.807) is 6.07 Å². The minimum absolute atomic E-state index is 0.146. The molecular weight excluding hydrogens is 221 g/mol. The minimum Gasteiger partial charge on any atom is -0.384 e. The van der Waals surface area contributed by atoms with Crippen molar-refractivity contribution in [2.45, 2.75) is 32.1 Å². The van der Waals surface area contributed by atoms with Crippen molar-refractivity contribution in [3.05, 3.63) is 24.0 Å². The number of thioether (sulfide) groups is 1. The van der Waals surface area contributed by atoms with Gasteiger partial charge in [-0.25, -0.2) is 4.39 Å². The van der Waals surface area contributed by atoms with E-state index in [-0.39, 0.29) is 11.2 Å². The van der Waals surface area contributed by atoms with Gasteiger partial charge in [-0.2, -0.15) is 0 Å². The van der Waals surface area contributed by atoms with Crippen LogP contribution in [0.3, 0.4) is 0 Å². The van der Waals surface area contributed by atoms with Gasteiger partial charge < -0.3 is 5.32 Å². The second-order valence-corrected chi connectivity index (χ2v) is 5.57. The summed E-state index contributed by atoms with van der Waals surface area (Å²) >= 11 is 1.43. The fraction of sp³-hybridized carbons (Fsp3) is 0.538. The Labute approximate surface area is 102 Å². The van der Waals surface area contributed by atoms with E-state index in [1.165, 1.54) is 11.8 Å². The lowest BCUT2D eigenvalue weighted by Gasteiger charge is -2.23. The summed E-state index contributed by atoms with van der Waals surface area (Å²) < 4.78 is 13.5. The van der Waals surface area contributed by atoms with Crippen LogP contribution < -0.4 is 5.32 Å². The van der Waals surface area contributed by atoms with Crippen molar-refractivity contribution in [3.63, 3.8) is 0 Å². The average Bonchev–Trinajstić information content (AvgIpc) is 2.27. The molecule has 0 aliphatic heterocycles. The zero-order valence-electron chi connectivity index (χ0n) is 10.4. The van der Waals surface area contributed by atoms with Gasteiger partial charge >= 0.3 is 0 Å². The Morgan fingerprint density at radius 2 is 2.06 bits per heavy atom. The van der Waals surface area contributed by atoms with Crippen molar-refractivity contribution < 1.29 is 4.39 Å². The topological polar surface area (TPSA) is 12.0 Å². The second kappa shape index (κ2) is 5.58. The Morgan fingerprint density at radius 3 is 2.56 bits per heavy atom. The Bertz CT molecular complexity index is 350. The standard InChI is InChI=1S/C13H20FNS/c1-5-13(2,3)9-15-10-6-7-12(16-4)11(14)8-10/h6-8,15H,5,9H2,1-4H3. The van der Waals surface area contributed by atoms with Gasteiger partial charge in [0, 0.05) is 17.1 Å². The largest absolute Gasteiger partial charge is 0.384 e. The molecule has 0 amide bonds. The second-order valence-electron chi connectivity index (χ2n) is 4.72. The molecular formula is C13H20FNS. The highest BCUT2D eigenvalue weighted by Gasteiger charge is 2.14. The van der Waals surface area contributed by atoms with Crippen molar-refractivity contribution in [1.82, 2.24) is 0 Å². The van der Waals surface area contributed by atoms with Crippen LogP contribution in [0.25, 0.3) is 0 Å². The van der Waals surface area contributed by atoms with E-state index in [2.05, 4.69) is 26.1 Å². The van der Waals surface area contributed by atoms with Crippen molar-refractivity contribution in [2.24, 2.45) is 5.41 Å². The summed E-state index contributed by atoms with van der Waals surface area (Å²) in [5.41, 5.74) is 1.10. The first kappa shape index (κ1) is 13.4. The van der Waals surface area contributed by atoms with Crippen LogP contribution in [0.2, 0.25) is 0 Å². The smallest absolute Gasteiger partial charge is 0.138 e. The maximum absolute atomic E-state index is 13.5. The fourth-order valence-electron chi connectivity index (χ4n) is 1.24. The number of rotatable bonds is 5. The highest BCUT2D eigenvalue weighted by molar-refractivity contribution is 7.98. The van der Waals surface area contributed by atoms with Crippen LogP contribution in [-0.2, 0) is 0 Å². The van der Waals surface area contributed by atoms with Crippen molar-refractivity contribution in [1.29, 1.82) is 0 Å². The fourth-order valence-corrected chi connectivity index (χ4v) is 1.70. The lowest BCUT2D eigenvalue weighted by atomic mass is 9.90. The van der Waals surface area contributed by atoms with E-state index in [4.69, 9.17) is 0 Å². The van der Waals surface area contributed by atoms with E-state index in [9.17, 15) is 4.39 Å². The first-order valence-electron chi connectivity index (χ1n) is 5.56. The summed E-state index contributed by atoms with van der Waals surface area (Å²) in [5.74, 6) is -0.146. The van der Waals surface area contributed by atoms with E-state index in [1.807, 2.05) is 18.4 Å². The van der Waals surface area contributed by atoms with Crippen molar-refractivity contribution >= 4 is 17.4 Å². The monoisotopic (exact) mass is 241 g/mol. The first-order chi connectivity index (χ1) is 7.48. The van der Waals surface area contributed by atoms with E-state index in [0.29, 0.717) is 4.90 Å². The third-order valence-corrected chi connectivity index (χ3v) is 3.65. The molecule has 0 bridgehead atoms. The number of halogens is 1. The van der Waals surface area contributed by atoms with Crippen molar-refractivity contribution in [2.75, 3.05) is 18.1 Å². The van der Waals surface area contributed by atoms with Crippen LogP contribution in [0.5, 0.6) is 0 Å². The van der Waals surface area contributed by atoms with Crippen molar-refractivity contribution in [3.8, 4) is 0 Å². The molecule has 0 fully saturated rings. The Hall–Kier alpha value is -0.700. The zero-order valence-corrected chi connectivity index (χ0v) is 11.2. The van der Waals surface area contributed by atoms with Crippen LogP contribution in [0, 0.1) is 11.2 Å². The highest BCUT2D eigenvalue weighted by atomic mass is 32.2. The predicted octanol–water partition coefficient (Wildman–Crippen LogP) is 4.40.